The van der Waals surface area contributed by atoms with Crippen LogP contribution < -0.4 is 34.9 Å². The second-order valence-electron chi connectivity index (χ2n) is 3.84. The predicted octanol–water partition coefficient (Wildman–Crippen LogP) is -1.87. The van der Waals surface area contributed by atoms with Crippen LogP contribution in [0, 0.1) is 0 Å². The predicted molar refractivity (Wildman–Crippen MR) is 60.6 cm³/mol. The van der Waals surface area contributed by atoms with Gasteiger partial charge in [-0.15, -0.1) is 0 Å². The van der Waals surface area contributed by atoms with Crippen molar-refractivity contribution in [2.24, 2.45) is 0 Å². The van der Waals surface area contributed by atoms with E-state index in [4.69, 9.17) is 0 Å². The van der Waals surface area contributed by atoms with Crippen molar-refractivity contribution in [3.05, 3.63) is 12.7 Å². The first-order valence-electron chi connectivity index (χ1n) is 5.17. The fourth-order valence-electron chi connectivity index (χ4n) is 1.27. The Kier molecular flexibility index (Phi) is 9.46. The summed E-state index contributed by atoms with van der Waals surface area (Å²) in [7, 11) is -4.58. The van der Waals surface area contributed by atoms with E-state index < -0.39 is 20.9 Å². The molecule has 1 unspecified atom stereocenters. The molecule has 0 radical (unpaired) electrons. The molecular formula is C10H18NNaO4S. The fraction of sp³-hybridized carbons (Fsp3) is 0.700. The molecule has 0 aliphatic rings. The molecule has 1 amide bonds. The molecule has 1 N–H and O–H groups in total. The van der Waals surface area contributed by atoms with Gasteiger partial charge in [0.1, 0.15) is 15.0 Å². The largest absolute Gasteiger partial charge is 1.00 e. The van der Waals surface area contributed by atoms with Crippen molar-refractivity contribution >= 4 is 16.0 Å². The molecule has 0 aromatic heterocycles. The van der Waals surface area contributed by atoms with E-state index in [-0.39, 0.29) is 36.0 Å². The number of nitrogens with one attached hydrogen (secondary N) is 1. The Balaban J connectivity index is 0. The Morgan fingerprint density at radius 3 is 2.35 bits per heavy atom. The number of rotatable bonds is 7. The van der Waals surface area contributed by atoms with Crippen LogP contribution in [0.3, 0.4) is 0 Å². The maximum absolute atomic E-state index is 11.1. The van der Waals surface area contributed by atoms with E-state index in [1.165, 1.54) is 6.92 Å². The maximum atomic E-state index is 11.1. The number of carbonyl (C=O) groups excluding carboxylic acids is 1. The SMILES string of the molecule is C=CC(=O)NC(C)(CCCCC)S(=O)(=O)[O-].[Na+]. The summed E-state index contributed by atoms with van der Waals surface area (Å²) in [5.74, 6) is -0.654. The van der Waals surface area contributed by atoms with Gasteiger partial charge in [0, 0.05) is 0 Å². The third kappa shape index (κ3) is 6.57. The number of hydrogen-bond donors (Lipinski definition) is 1. The number of unbranched alkanes of at least 4 members (excludes halogenated alkanes) is 2. The second kappa shape index (κ2) is 8.26. The van der Waals surface area contributed by atoms with E-state index in [0.29, 0.717) is 6.42 Å². The summed E-state index contributed by atoms with van der Waals surface area (Å²) in [5, 5.41) is 2.18. The summed E-state index contributed by atoms with van der Waals surface area (Å²) >= 11 is 0. The topological polar surface area (TPSA) is 86.3 Å². The average Bonchev–Trinajstić information content (AvgIpc) is 2.16. The minimum absolute atomic E-state index is 0. The molecule has 0 saturated heterocycles. The van der Waals surface area contributed by atoms with Crippen LogP contribution in [0.4, 0.5) is 0 Å². The number of amides is 1. The summed E-state index contributed by atoms with van der Waals surface area (Å²) in [6.07, 6.45) is 3.36. The van der Waals surface area contributed by atoms with Gasteiger partial charge in [-0.05, 0) is 19.4 Å². The van der Waals surface area contributed by atoms with E-state index in [2.05, 4.69) is 11.9 Å². The van der Waals surface area contributed by atoms with E-state index in [1.54, 1.807) is 0 Å². The van der Waals surface area contributed by atoms with Crippen molar-refractivity contribution in [1.82, 2.24) is 5.32 Å². The Hall–Kier alpha value is 0.120. The van der Waals surface area contributed by atoms with E-state index in [0.717, 1.165) is 18.9 Å². The van der Waals surface area contributed by atoms with Gasteiger partial charge in [0.15, 0.2) is 0 Å². The molecule has 0 aliphatic carbocycles. The van der Waals surface area contributed by atoms with E-state index in [1.807, 2.05) is 6.92 Å². The summed E-state index contributed by atoms with van der Waals surface area (Å²) in [5.41, 5.74) is 0. The molecule has 0 aromatic rings. The van der Waals surface area contributed by atoms with Crippen LogP contribution in [-0.4, -0.2) is 23.7 Å². The molecule has 7 heteroatoms. The van der Waals surface area contributed by atoms with Gasteiger partial charge < -0.3 is 9.87 Å². The molecule has 1 atom stereocenters. The van der Waals surface area contributed by atoms with Crippen molar-refractivity contribution in [2.45, 2.75) is 44.4 Å². The molecule has 0 aliphatic heterocycles. The monoisotopic (exact) mass is 271 g/mol. The molecule has 94 valence electrons. The van der Waals surface area contributed by atoms with Crippen LogP contribution in [-0.2, 0) is 14.9 Å². The fourth-order valence-corrected chi connectivity index (χ4v) is 1.89. The minimum atomic E-state index is -4.58. The normalized spacial score (nSPS) is 14.3. The Bertz CT molecular complexity index is 355. The van der Waals surface area contributed by atoms with Crippen LogP contribution in [0.15, 0.2) is 12.7 Å². The van der Waals surface area contributed by atoms with Gasteiger partial charge >= 0.3 is 29.6 Å². The molecular weight excluding hydrogens is 253 g/mol. The molecule has 0 rings (SSSR count). The molecule has 0 aromatic carbocycles. The van der Waals surface area contributed by atoms with Gasteiger partial charge in [-0.1, -0.05) is 32.8 Å². The first-order chi connectivity index (χ1) is 7.27. The Morgan fingerprint density at radius 1 is 1.47 bits per heavy atom. The van der Waals surface area contributed by atoms with Crippen molar-refractivity contribution in [3.63, 3.8) is 0 Å². The van der Waals surface area contributed by atoms with Crippen LogP contribution in [0.25, 0.3) is 0 Å². The minimum Gasteiger partial charge on any atom is -0.746 e. The van der Waals surface area contributed by atoms with Gasteiger partial charge in [-0.25, -0.2) is 8.42 Å². The standard InChI is InChI=1S/C10H19NO4S.Na/c1-4-6-7-8-10(3,16(13,14)15)11-9(12)5-2;/h5H,2,4,6-8H2,1,3H3,(H,11,12)(H,13,14,15);/q;+1/p-1. The molecule has 0 fully saturated rings. The zero-order valence-electron chi connectivity index (χ0n) is 10.7. The summed E-state index contributed by atoms with van der Waals surface area (Å²) in [6.45, 7) is 6.41. The summed E-state index contributed by atoms with van der Waals surface area (Å²) in [4.78, 5) is 9.33. The van der Waals surface area contributed by atoms with Gasteiger partial charge in [0.25, 0.3) is 0 Å². The van der Waals surface area contributed by atoms with Crippen LogP contribution in [0.5, 0.6) is 0 Å². The van der Waals surface area contributed by atoms with E-state index in [9.17, 15) is 17.8 Å². The number of hydrogen-bond acceptors (Lipinski definition) is 4. The third-order valence-corrected chi connectivity index (χ3v) is 3.79. The van der Waals surface area contributed by atoms with Crippen molar-refractivity contribution < 1.29 is 47.3 Å². The van der Waals surface area contributed by atoms with Crippen LogP contribution in [0.1, 0.15) is 39.5 Å². The van der Waals surface area contributed by atoms with Crippen molar-refractivity contribution in [2.75, 3.05) is 0 Å². The van der Waals surface area contributed by atoms with Crippen molar-refractivity contribution in [3.8, 4) is 0 Å². The number of carbonyl (C=O) groups is 1. The molecule has 0 heterocycles. The Labute approximate surface area is 125 Å². The smallest absolute Gasteiger partial charge is 0.746 e. The van der Waals surface area contributed by atoms with Crippen LogP contribution >= 0.6 is 0 Å². The van der Waals surface area contributed by atoms with Crippen LogP contribution in [0.2, 0.25) is 0 Å². The quantitative estimate of drug-likeness (QED) is 0.254. The summed E-state index contributed by atoms with van der Waals surface area (Å²) < 4.78 is 33.3. The first kappa shape index (κ1) is 19.5. The van der Waals surface area contributed by atoms with Crippen molar-refractivity contribution in [1.29, 1.82) is 0 Å². The zero-order valence-corrected chi connectivity index (χ0v) is 13.5. The molecule has 5 nitrogen and oxygen atoms in total. The molecule has 0 saturated carbocycles. The van der Waals surface area contributed by atoms with E-state index >= 15 is 0 Å². The maximum Gasteiger partial charge on any atom is 1.00 e. The van der Waals surface area contributed by atoms with Gasteiger partial charge in [-0.2, -0.15) is 0 Å². The van der Waals surface area contributed by atoms with Gasteiger partial charge in [0.2, 0.25) is 5.91 Å². The summed E-state index contributed by atoms with van der Waals surface area (Å²) in [6, 6.07) is 0. The second-order valence-corrected chi connectivity index (χ2v) is 5.64. The molecule has 17 heavy (non-hydrogen) atoms. The average molecular weight is 271 g/mol. The zero-order chi connectivity index (χ0) is 12.8. The first-order valence-corrected chi connectivity index (χ1v) is 6.57. The third-order valence-electron chi connectivity index (χ3n) is 2.38. The molecule has 0 spiro atoms. The van der Waals surface area contributed by atoms with Gasteiger partial charge in [0.05, 0.1) is 0 Å². The van der Waals surface area contributed by atoms with Gasteiger partial charge in [-0.3, -0.25) is 4.79 Å². The molecule has 0 bridgehead atoms. The Morgan fingerprint density at radius 2 is 2.00 bits per heavy atom.